The van der Waals surface area contributed by atoms with Crippen LogP contribution >= 0.6 is 0 Å². The van der Waals surface area contributed by atoms with Crippen molar-refractivity contribution in [2.75, 3.05) is 27.2 Å². The Balaban J connectivity index is 2.79. The first-order chi connectivity index (χ1) is 8.41. The van der Waals surface area contributed by atoms with Gasteiger partial charge in [0.1, 0.15) is 0 Å². The number of rotatable bonds is 6. The zero-order chi connectivity index (χ0) is 13.7. The lowest BCUT2D eigenvalue weighted by Crippen LogP contribution is -2.53. The number of hydrogen-bond donors (Lipinski definition) is 2. The Morgan fingerprint density at radius 2 is 1.44 bits per heavy atom. The molecule has 1 aliphatic rings. The van der Waals surface area contributed by atoms with Gasteiger partial charge in [-0.3, -0.25) is 14.5 Å². The highest BCUT2D eigenvalue weighted by atomic mass is 16.4. The first-order valence-electron chi connectivity index (χ1n) is 6.26. The lowest BCUT2D eigenvalue weighted by molar-refractivity contribution is -0.143. The molecule has 1 aliphatic carbocycles. The number of aliphatic carboxylic acids is 2. The lowest BCUT2D eigenvalue weighted by atomic mass is 9.88. The van der Waals surface area contributed by atoms with Gasteiger partial charge in [-0.2, -0.15) is 0 Å². The van der Waals surface area contributed by atoms with Gasteiger partial charge in [-0.05, 0) is 26.9 Å². The molecule has 0 aromatic carbocycles. The van der Waals surface area contributed by atoms with Crippen molar-refractivity contribution in [3.63, 3.8) is 0 Å². The molecule has 0 amide bonds. The largest absolute Gasteiger partial charge is 0.480 e. The zero-order valence-electron chi connectivity index (χ0n) is 11.0. The fourth-order valence-electron chi connectivity index (χ4n) is 2.76. The van der Waals surface area contributed by atoms with Gasteiger partial charge in [0.05, 0.1) is 13.1 Å². The molecule has 2 N–H and O–H groups in total. The molecule has 0 bridgehead atoms. The summed E-state index contributed by atoms with van der Waals surface area (Å²) in [5.74, 6) is -1.95. The van der Waals surface area contributed by atoms with Crippen molar-refractivity contribution in [3.05, 3.63) is 0 Å². The van der Waals surface area contributed by atoms with Crippen molar-refractivity contribution in [3.8, 4) is 0 Å². The standard InChI is InChI=1S/C12H22N2O4/c1-13(2)9-5-3-4-6-10(9)14(7-11(15)16)8-12(17)18/h9-10H,3-8H2,1-2H3,(H,15,16)(H,17,18)/t9-,10?/m0/s1. The summed E-state index contributed by atoms with van der Waals surface area (Å²) in [6.45, 7) is -0.414. The predicted molar refractivity (Wildman–Crippen MR) is 66.6 cm³/mol. The van der Waals surface area contributed by atoms with E-state index < -0.39 is 11.9 Å². The predicted octanol–water partition coefficient (Wildman–Crippen LogP) is 0.330. The third-order valence-corrected chi connectivity index (χ3v) is 3.50. The molecule has 18 heavy (non-hydrogen) atoms. The van der Waals surface area contributed by atoms with E-state index in [1.54, 1.807) is 4.90 Å². The maximum atomic E-state index is 10.9. The number of carbonyl (C=O) groups is 2. The van der Waals surface area contributed by atoms with Crippen LogP contribution in [0, 0.1) is 0 Å². The molecule has 1 saturated carbocycles. The molecule has 6 heteroatoms. The van der Waals surface area contributed by atoms with Gasteiger partial charge in [0.2, 0.25) is 0 Å². The molecule has 0 spiro atoms. The van der Waals surface area contributed by atoms with E-state index in [0.717, 1.165) is 25.7 Å². The highest BCUT2D eigenvalue weighted by Gasteiger charge is 2.33. The fraction of sp³-hybridized carbons (Fsp3) is 0.833. The molecule has 1 fully saturated rings. The van der Waals surface area contributed by atoms with Crippen LogP contribution in [-0.4, -0.2) is 71.2 Å². The van der Waals surface area contributed by atoms with Gasteiger partial charge < -0.3 is 15.1 Å². The van der Waals surface area contributed by atoms with Gasteiger partial charge in [-0.1, -0.05) is 12.8 Å². The van der Waals surface area contributed by atoms with Gasteiger partial charge in [-0.25, -0.2) is 0 Å². The number of carboxylic acid groups (broad SMARTS) is 2. The van der Waals surface area contributed by atoms with Crippen LogP contribution in [0.5, 0.6) is 0 Å². The summed E-state index contributed by atoms with van der Waals surface area (Å²) in [7, 11) is 3.92. The van der Waals surface area contributed by atoms with Gasteiger partial charge in [0.15, 0.2) is 0 Å². The van der Waals surface area contributed by atoms with E-state index in [0.29, 0.717) is 0 Å². The number of hydrogen-bond acceptors (Lipinski definition) is 4. The molecule has 0 aliphatic heterocycles. The molecule has 0 heterocycles. The molecule has 0 aromatic rings. The van der Waals surface area contributed by atoms with Crippen LogP contribution in [0.25, 0.3) is 0 Å². The Labute approximate surface area is 107 Å². The minimum Gasteiger partial charge on any atom is -0.480 e. The van der Waals surface area contributed by atoms with Crippen LogP contribution in [0.2, 0.25) is 0 Å². The van der Waals surface area contributed by atoms with Crippen LogP contribution in [0.3, 0.4) is 0 Å². The highest BCUT2D eigenvalue weighted by molar-refractivity contribution is 5.72. The third-order valence-electron chi connectivity index (χ3n) is 3.50. The van der Waals surface area contributed by atoms with E-state index in [-0.39, 0.29) is 25.2 Å². The summed E-state index contributed by atoms with van der Waals surface area (Å²) >= 11 is 0. The van der Waals surface area contributed by atoms with Crippen molar-refractivity contribution in [2.45, 2.75) is 37.8 Å². The fourth-order valence-corrected chi connectivity index (χ4v) is 2.76. The van der Waals surface area contributed by atoms with Gasteiger partial charge in [0, 0.05) is 12.1 Å². The van der Waals surface area contributed by atoms with Gasteiger partial charge >= 0.3 is 11.9 Å². The minimum absolute atomic E-state index is 0.0148. The second-order valence-corrected chi connectivity index (χ2v) is 5.08. The van der Waals surface area contributed by atoms with Crippen LogP contribution in [0.4, 0.5) is 0 Å². The Kier molecular flexibility index (Phi) is 5.55. The van der Waals surface area contributed by atoms with Gasteiger partial charge in [0.25, 0.3) is 0 Å². The normalized spacial score (nSPS) is 24.4. The van der Waals surface area contributed by atoms with E-state index >= 15 is 0 Å². The average molecular weight is 258 g/mol. The molecule has 0 aromatic heterocycles. The molecule has 1 rings (SSSR count). The summed E-state index contributed by atoms with van der Waals surface area (Å²) in [6.07, 6.45) is 4.01. The lowest BCUT2D eigenvalue weighted by Gasteiger charge is -2.41. The van der Waals surface area contributed by atoms with E-state index in [4.69, 9.17) is 10.2 Å². The zero-order valence-corrected chi connectivity index (χ0v) is 11.0. The van der Waals surface area contributed by atoms with E-state index in [1.807, 2.05) is 14.1 Å². The van der Waals surface area contributed by atoms with Crippen molar-refractivity contribution >= 4 is 11.9 Å². The molecule has 0 radical (unpaired) electrons. The summed E-state index contributed by atoms with van der Waals surface area (Å²) < 4.78 is 0. The number of carboxylic acids is 2. The second-order valence-electron chi connectivity index (χ2n) is 5.08. The summed E-state index contributed by atoms with van der Waals surface area (Å²) in [6, 6.07) is 0.249. The van der Waals surface area contributed by atoms with Crippen LogP contribution in [0.1, 0.15) is 25.7 Å². The maximum absolute atomic E-state index is 10.9. The van der Waals surface area contributed by atoms with Crippen LogP contribution in [0.15, 0.2) is 0 Å². The van der Waals surface area contributed by atoms with Crippen molar-refractivity contribution < 1.29 is 19.8 Å². The summed E-state index contributed by atoms with van der Waals surface area (Å²) in [5.41, 5.74) is 0. The molecule has 104 valence electrons. The van der Waals surface area contributed by atoms with E-state index in [1.165, 1.54) is 0 Å². The average Bonchev–Trinajstić information content (AvgIpc) is 2.26. The van der Waals surface area contributed by atoms with Crippen molar-refractivity contribution in [1.29, 1.82) is 0 Å². The van der Waals surface area contributed by atoms with Crippen LogP contribution < -0.4 is 0 Å². The Morgan fingerprint density at radius 1 is 1.00 bits per heavy atom. The van der Waals surface area contributed by atoms with Crippen molar-refractivity contribution in [1.82, 2.24) is 9.80 Å². The Bertz CT molecular complexity index is 290. The smallest absolute Gasteiger partial charge is 0.317 e. The van der Waals surface area contributed by atoms with E-state index in [9.17, 15) is 9.59 Å². The molecule has 2 atom stereocenters. The third kappa shape index (κ3) is 4.27. The maximum Gasteiger partial charge on any atom is 0.317 e. The number of nitrogens with zero attached hydrogens (tertiary/aromatic N) is 2. The molecule has 1 unspecified atom stereocenters. The Morgan fingerprint density at radius 3 is 1.83 bits per heavy atom. The summed E-state index contributed by atoms with van der Waals surface area (Å²) in [5, 5.41) is 17.8. The molecule has 6 nitrogen and oxygen atoms in total. The SMILES string of the molecule is CN(C)[C@H]1CCCCC1N(CC(=O)O)CC(=O)O. The Hall–Kier alpha value is -1.14. The quantitative estimate of drug-likeness (QED) is 0.714. The monoisotopic (exact) mass is 258 g/mol. The minimum atomic E-state index is -0.973. The second kappa shape index (κ2) is 6.70. The van der Waals surface area contributed by atoms with Crippen LogP contribution in [-0.2, 0) is 9.59 Å². The van der Waals surface area contributed by atoms with Gasteiger partial charge in [-0.15, -0.1) is 0 Å². The summed E-state index contributed by atoms with van der Waals surface area (Å²) in [4.78, 5) is 25.4. The molecular weight excluding hydrogens is 236 g/mol. The van der Waals surface area contributed by atoms with Crippen molar-refractivity contribution in [2.24, 2.45) is 0 Å². The highest BCUT2D eigenvalue weighted by Crippen LogP contribution is 2.25. The van der Waals surface area contributed by atoms with E-state index in [2.05, 4.69) is 4.90 Å². The first kappa shape index (κ1) is 14.9. The first-order valence-corrected chi connectivity index (χ1v) is 6.26. The topological polar surface area (TPSA) is 81.1 Å². The molecule has 0 saturated heterocycles. The number of likely N-dealkylation sites (N-methyl/N-ethyl adjacent to an activating group) is 1. The molecular formula is C12H22N2O4.